The summed E-state index contributed by atoms with van der Waals surface area (Å²) in [6.07, 6.45) is 0.903. The molecule has 3 rings (SSSR count). The van der Waals surface area contributed by atoms with Crippen LogP contribution in [0.25, 0.3) is 0 Å². The van der Waals surface area contributed by atoms with Crippen LogP contribution in [0, 0.1) is 5.41 Å². The number of dihydropyridines is 1. The Morgan fingerprint density at radius 3 is 2.61 bits per heavy atom. The number of nitrogens with one attached hydrogen (secondary N) is 1. The lowest BCUT2D eigenvalue weighted by molar-refractivity contribution is -0.139. The summed E-state index contributed by atoms with van der Waals surface area (Å²) in [4.78, 5) is 26.6. The first-order valence-corrected chi connectivity index (χ1v) is 10.8. The zero-order valence-electron chi connectivity index (χ0n) is 18.2. The molecule has 2 aliphatic rings. The van der Waals surface area contributed by atoms with Crippen molar-refractivity contribution in [2.45, 2.75) is 39.2 Å². The number of allylic oxidation sites excluding steroid dienone is 1. The molecule has 0 bridgehead atoms. The van der Waals surface area contributed by atoms with Crippen molar-refractivity contribution in [1.82, 2.24) is 5.32 Å². The van der Waals surface area contributed by atoms with E-state index in [1.807, 2.05) is 13.8 Å². The van der Waals surface area contributed by atoms with Crippen LogP contribution >= 0.6 is 11.6 Å². The molecule has 0 aromatic heterocycles. The number of ether oxygens (including phenoxy) is 2. The summed E-state index contributed by atoms with van der Waals surface area (Å²) in [5.41, 5.74) is 12.9. The molecule has 1 aromatic carbocycles. The van der Waals surface area contributed by atoms with Crippen molar-refractivity contribution in [3.63, 3.8) is 0 Å². The van der Waals surface area contributed by atoms with Gasteiger partial charge >= 0.3 is 5.97 Å². The maximum atomic E-state index is 13.4. The quantitative estimate of drug-likeness (QED) is 0.434. The molecule has 8 heteroatoms. The van der Waals surface area contributed by atoms with E-state index in [2.05, 4.69) is 5.32 Å². The minimum atomic E-state index is -1.57. The molecule has 31 heavy (non-hydrogen) atoms. The summed E-state index contributed by atoms with van der Waals surface area (Å²) < 4.78 is 11.0. The second kappa shape index (κ2) is 9.12. The van der Waals surface area contributed by atoms with Crippen molar-refractivity contribution < 1.29 is 19.1 Å². The molecular formula is C23H30ClN3O4. The van der Waals surface area contributed by atoms with Crippen LogP contribution < -0.4 is 16.8 Å². The molecule has 1 aliphatic carbocycles. The molecule has 7 nitrogen and oxygen atoms in total. The van der Waals surface area contributed by atoms with Crippen LogP contribution in [0.3, 0.4) is 0 Å². The molecule has 0 radical (unpaired) electrons. The molecule has 0 saturated carbocycles. The Labute approximate surface area is 187 Å². The average molecular weight is 448 g/mol. The lowest BCUT2D eigenvalue weighted by atomic mass is 9.65. The van der Waals surface area contributed by atoms with Crippen molar-refractivity contribution in [3.8, 4) is 0 Å². The van der Waals surface area contributed by atoms with Crippen LogP contribution in [0.1, 0.15) is 39.2 Å². The number of nitrogens with two attached hydrogens (primary N) is 2. The standard InChI is InChI=1S/C23H30ClN3O4/c1-4-31-21(29)20-17(13-30-10-9-25)27-16-11-22(2,3)12-18(28)19(16)23(20,26)14-7-5-6-8-15(14)24/h5-8,27H,4,9-13,25-26H2,1-3H3/t23-/m1/s1. The number of ketones is 1. The van der Waals surface area contributed by atoms with Gasteiger partial charge in [0.15, 0.2) is 5.78 Å². The van der Waals surface area contributed by atoms with E-state index in [1.54, 1.807) is 31.2 Å². The lowest BCUT2D eigenvalue weighted by Gasteiger charge is -2.45. The minimum Gasteiger partial charge on any atom is -0.463 e. The fourth-order valence-corrected chi connectivity index (χ4v) is 4.68. The fourth-order valence-electron chi connectivity index (χ4n) is 4.40. The first kappa shape index (κ1) is 23.5. The smallest absolute Gasteiger partial charge is 0.338 e. The molecule has 0 fully saturated rings. The third-order valence-corrected chi connectivity index (χ3v) is 5.88. The average Bonchev–Trinajstić information content (AvgIpc) is 2.67. The molecule has 1 aliphatic heterocycles. The number of benzene rings is 1. The molecule has 1 atom stereocenters. The van der Waals surface area contributed by atoms with E-state index in [9.17, 15) is 9.59 Å². The van der Waals surface area contributed by atoms with E-state index < -0.39 is 11.5 Å². The van der Waals surface area contributed by atoms with E-state index in [0.29, 0.717) is 53.5 Å². The Morgan fingerprint density at radius 1 is 1.26 bits per heavy atom. The summed E-state index contributed by atoms with van der Waals surface area (Å²) in [6.45, 7) is 6.64. The third kappa shape index (κ3) is 4.41. The van der Waals surface area contributed by atoms with Crippen molar-refractivity contribution in [2.75, 3.05) is 26.4 Å². The van der Waals surface area contributed by atoms with E-state index in [-0.39, 0.29) is 30.0 Å². The zero-order valence-corrected chi connectivity index (χ0v) is 19.0. The second-order valence-electron chi connectivity index (χ2n) is 8.62. The molecule has 0 amide bonds. The SMILES string of the molecule is CCOC(=O)C1=C(COCCN)NC2=C(C(=O)CC(C)(C)C2)[C@]1(N)c1ccccc1Cl. The molecule has 168 valence electrons. The third-order valence-electron chi connectivity index (χ3n) is 5.55. The van der Waals surface area contributed by atoms with Gasteiger partial charge in [0.1, 0.15) is 5.54 Å². The number of esters is 1. The number of hydrogen-bond donors (Lipinski definition) is 3. The highest BCUT2D eigenvalue weighted by Gasteiger charge is 2.52. The van der Waals surface area contributed by atoms with Crippen LogP contribution in [0.15, 0.2) is 46.8 Å². The van der Waals surface area contributed by atoms with Gasteiger partial charge in [-0.15, -0.1) is 0 Å². The van der Waals surface area contributed by atoms with Crippen molar-refractivity contribution in [1.29, 1.82) is 0 Å². The van der Waals surface area contributed by atoms with Crippen LogP contribution in [-0.4, -0.2) is 38.1 Å². The summed E-state index contributed by atoms with van der Waals surface area (Å²) in [7, 11) is 0. The molecule has 0 unspecified atom stereocenters. The summed E-state index contributed by atoms with van der Waals surface area (Å²) in [6, 6.07) is 6.99. The molecule has 0 spiro atoms. The van der Waals surface area contributed by atoms with Gasteiger partial charge in [-0.25, -0.2) is 4.79 Å². The predicted octanol–water partition coefficient (Wildman–Crippen LogP) is 2.53. The Morgan fingerprint density at radius 2 is 1.97 bits per heavy atom. The summed E-state index contributed by atoms with van der Waals surface area (Å²) >= 11 is 6.55. The van der Waals surface area contributed by atoms with Gasteiger partial charge in [0.05, 0.1) is 31.1 Å². The van der Waals surface area contributed by atoms with E-state index in [1.165, 1.54) is 0 Å². The van der Waals surface area contributed by atoms with Crippen LogP contribution in [-0.2, 0) is 24.6 Å². The van der Waals surface area contributed by atoms with Crippen molar-refractivity contribution in [3.05, 3.63) is 57.4 Å². The molecule has 1 aromatic rings. The molecule has 1 heterocycles. The van der Waals surface area contributed by atoms with Gasteiger partial charge in [-0.1, -0.05) is 43.6 Å². The van der Waals surface area contributed by atoms with Crippen LogP contribution in [0.2, 0.25) is 5.02 Å². The summed E-state index contributed by atoms with van der Waals surface area (Å²) in [5.74, 6) is -0.738. The van der Waals surface area contributed by atoms with Gasteiger partial charge in [-0.2, -0.15) is 0 Å². The number of carbonyl (C=O) groups excluding carboxylic acids is 2. The normalized spacial score (nSPS) is 22.8. The van der Waals surface area contributed by atoms with Crippen LogP contribution in [0.5, 0.6) is 0 Å². The van der Waals surface area contributed by atoms with E-state index in [4.69, 9.17) is 32.5 Å². The number of hydrogen-bond acceptors (Lipinski definition) is 7. The predicted molar refractivity (Wildman–Crippen MR) is 119 cm³/mol. The molecule has 0 saturated heterocycles. The Hall–Kier alpha value is -2.19. The highest BCUT2D eigenvalue weighted by atomic mass is 35.5. The zero-order chi connectivity index (χ0) is 22.8. The lowest BCUT2D eigenvalue weighted by Crippen LogP contribution is -2.54. The van der Waals surface area contributed by atoms with Gasteiger partial charge in [0, 0.05) is 34.8 Å². The van der Waals surface area contributed by atoms with Gasteiger partial charge < -0.3 is 26.3 Å². The highest BCUT2D eigenvalue weighted by molar-refractivity contribution is 6.31. The van der Waals surface area contributed by atoms with Gasteiger partial charge in [-0.3, -0.25) is 4.79 Å². The van der Waals surface area contributed by atoms with E-state index >= 15 is 0 Å². The number of carbonyl (C=O) groups is 2. The monoisotopic (exact) mass is 447 g/mol. The Kier molecular flexibility index (Phi) is 6.91. The highest BCUT2D eigenvalue weighted by Crippen LogP contribution is 2.49. The maximum Gasteiger partial charge on any atom is 0.338 e. The largest absolute Gasteiger partial charge is 0.463 e. The first-order valence-electron chi connectivity index (χ1n) is 10.4. The second-order valence-corrected chi connectivity index (χ2v) is 9.03. The van der Waals surface area contributed by atoms with Gasteiger partial charge in [0.25, 0.3) is 0 Å². The number of Topliss-reactive ketones (excluding diaryl/α,β-unsaturated/α-hetero) is 1. The number of rotatable bonds is 7. The molecule has 5 N–H and O–H groups in total. The Balaban J connectivity index is 2.29. The first-order chi connectivity index (χ1) is 14.7. The fraction of sp³-hybridized carbons (Fsp3) is 0.478. The topological polar surface area (TPSA) is 117 Å². The van der Waals surface area contributed by atoms with E-state index in [0.717, 1.165) is 0 Å². The van der Waals surface area contributed by atoms with Crippen LogP contribution in [0.4, 0.5) is 0 Å². The number of halogens is 1. The van der Waals surface area contributed by atoms with Gasteiger partial charge in [-0.05, 0) is 24.8 Å². The molecular weight excluding hydrogens is 418 g/mol. The Bertz CT molecular complexity index is 954. The summed E-state index contributed by atoms with van der Waals surface area (Å²) in [5, 5.41) is 3.64. The maximum absolute atomic E-state index is 13.4. The van der Waals surface area contributed by atoms with Crippen molar-refractivity contribution >= 4 is 23.4 Å². The minimum absolute atomic E-state index is 0.0696. The van der Waals surface area contributed by atoms with Crippen molar-refractivity contribution in [2.24, 2.45) is 16.9 Å². The van der Waals surface area contributed by atoms with Gasteiger partial charge in [0.2, 0.25) is 0 Å².